The second-order valence-electron chi connectivity index (χ2n) is 4.50. The van der Waals surface area contributed by atoms with Crippen LogP contribution in [-0.2, 0) is 6.54 Å². The van der Waals surface area contributed by atoms with Crippen LogP contribution in [0, 0.1) is 6.92 Å². The van der Waals surface area contributed by atoms with Crippen molar-refractivity contribution in [3.05, 3.63) is 63.6 Å². The van der Waals surface area contributed by atoms with E-state index in [0.29, 0.717) is 5.75 Å². The molecule has 20 heavy (non-hydrogen) atoms. The highest BCUT2D eigenvalue weighted by molar-refractivity contribution is 5.87. The maximum absolute atomic E-state index is 11.8. The maximum atomic E-state index is 11.8. The van der Waals surface area contributed by atoms with Crippen molar-refractivity contribution in [1.82, 2.24) is 4.57 Å². The molecule has 2 aromatic rings. The van der Waals surface area contributed by atoms with Gasteiger partial charge in [0.1, 0.15) is 5.75 Å². The quantitative estimate of drug-likeness (QED) is 0.924. The summed E-state index contributed by atoms with van der Waals surface area (Å²) in [4.78, 5) is 22.8. The number of carbonyl (C=O) groups is 1. The number of aromatic nitrogens is 1. The second-order valence-corrected chi connectivity index (χ2v) is 4.50. The first-order valence-corrected chi connectivity index (χ1v) is 6.08. The predicted molar refractivity (Wildman–Crippen MR) is 74.5 cm³/mol. The molecule has 0 amide bonds. The number of hydrogen-bond donors (Lipinski definition) is 1. The van der Waals surface area contributed by atoms with Crippen LogP contribution >= 0.6 is 0 Å². The molecule has 0 radical (unpaired) electrons. The summed E-state index contributed by atoms with van der Waals surface area (Å²) in [5.74, 6) is -0.391. The summed E-state index contributed by atoms with van der Waals surface area (Å²) in [6.07, 6.45) is 1.34. The zero-order chi connectivity index (χ0) is 14.7. The first kappa shape index (κ1) is 13.9. The van der Waals surface area contributed by atoms with Gasteiger partial charge in [0.15, 0.2) is 0 Å². The molecule has 0 aliphatic heterocycles. The third-order valence-electron chi connectivity index (χ3n) is 3.01. The van der Waals surface area contributed by atoms with Crippen molar-refractivity contribution in [2.24, 2.45) is 0 Å². The molecule has 5 nitrogen and oxygen atoms in total. The van der Waals surface area contributed by atoms with E-state index in [1.165, 1.54) is 22.9 Å². The average molecular weight is 273 g/mol. The smallest absolute Gasteiger partial charge is 0.337 e. The Kier molecular flexibility index (Phi) is 3.89. The Labute approximate surface area is 116 Å². The van der Waals surface area contributed by atoms with E-state index in [0.717, 1.165) is 11.1 Å². The van der Waals surface area contributed by atoms with Crippen molar-refractivity contribution >= 4 is 5.97 Å². The van der Waals surface area contributed by atoms with Gasteiger partial charge in [-0.15, -0.1) is 0 Å². The van der Waals surface area contributed by atoms with E-state index in [1.807, 2.05) is 25.1 Å². The molecule has 0 aliphatic rings. The van der Waals surface area contributed by atoms with Crippen molar-refractivity contribution in [3.8, 4) is 5.75 Å². The van der Waals surface area contributed by atoms with E-state index in [9.17, 15) is 9.59 Å². The molecule has 0 atom stereocenters. The Morgan fingerprint density at radius 2 is 2.05 bits per heavy atom. The van der Waals surface area contributed by atoms with Crippen molar-refractivity contribution in [2.45, 2.75) is 13.5 Å². The molecule has 0 unspecified atom stereocenters. The number of ether oxygens (including phenoxy) is 1. The molecular formula is C15H15NO4. The van der Waals surface area contributed by atoms with Gasteiger partial charge in [0, 0.05) is 17.8 Å². The fraction of sp³-hybridized carbons (Fsp3) is 0.200. The summed E-state index contributed by atoms with van der Waals surface area (Å²) in [5.41, 5.74) is 1.70. The summed E-state index contributed by atoms with van der Waals surface area (Å²) in [6.45, 7) is 2.21. The van der Waals surface area contributed by atoms with Gasteiger partial charge in [0.2, 0.25) is 0 Å². The molecule has 2 rings (SSSR count). The van der Waals surface area contributed by atoms with Crippen LogP contribution < -0.4 is 10.3 Å². The minimum atomic E-state index is -1.06. The third-order valence-corrected chi connectivity index (χ3v) is 3.01. The topological polar surface area (TPSA) is 68.5 Å². The van der Waals surface area contributed by atoms with Gasteiger partial charge in [0.25, 0.3) is 5.56 Å². The van der Waals surface area contributed by atoms with Gasteiger partial charge in [0.05, 0.1) is 19.2 Å². The van der Waals surface area contributed by atoms with E-state index >= 15 is 0 Å². The standard InChI is InChI=1S/C15H15NO4/c1-10-3-5-13(20-2)12(7-10)9-16-8-11(15(18)19)4-6-14(16)17/h3-8H,9H2,1-2H3,(H,18,19). The number of pyridine rings is 1. The van der Waals surface area contributed by atoms with Crippen LogP contribution in [0.1, 0.15) is 21.5 Å². The van der Waals surface area contributed by atoms with Gasteiger partial charge in [-0.1, -0.05) is 17.7 Å². The molecule has 5 heteroatoms. The summed E-state index contributed by atoms with van der Waals surface area (Å²) in [5, 5.41) is 8.97. The predicted octanol–water partition coefficient (Wildman–Crippen LogP) is 1.91. The maximum Gasteiger partial charge on any atom is 0.337 e. The van der Waals surface area contributed by atoms with E-state index in [2.05, 4.69) is 0 Å². The first-order valence-electron chi connectivity index (χ1n) is 6.08. The number of rotatable bonds is 4. The lowest BCUT2D eigenvalue weighted by Crippen LogP contribution is -2.21. The van der Waals surface area contributed by atoms with Crippen LogP contribution in [0.15, 0.2) is 41.3 Å². The fourth-order valence-electron chi connectivity index (χ4n) is 2.00. The van der Waals surface area contributed by atoms with E-state index in [-0.39, 0.29) is 17.7 Å². The highest BCUT2D eigenvalue weighted by Crippen LogP contribution is 2.20. The van der Waals surface area contributed by atoms with Crippen LogP contribution in [-0.4, -0.2) is 22.8 Å². The summed E-state index contributed by atoms with van der Waals surface area (Å²) >= 11 is 0. The van der Waals surface area contributed by atoms with Gasteiger partial charge in [-0.3, -0.25) is 4.79 Å². The van der Waals surface area contributed by atoms with Crippen LogP contribution in [0.4, 0.5) is 0 Å². The molecule has 1 heterocycles. The van der Waals surface area contributed by atoms with Gasteiger partial charge in [-0.2, -0.15) is 0 Å². The Balaban J connectivity index is 2.44. The zero-order valence-corrected chi connectivity index (χ0v) is 11.3. The first-order chi connectivity index (χ1) is 9.51. The molecule has 1 N–H and O–H groups in total. The fourth-order valence-corrected chi connectivity index (χ4v) is 2.00. The normalized spacial score (nSPS) is 10.3. The second kappa shape index (κ2) is 5.61. The van der Waals surface area contributed by atoms with Crippen LogP contribution in [0.5, 0.6) is 5.75 Å². The molecule has 0 saturated heterocycles. The summed E-state index contributed by atoms with van der Waals surface area (Å²) in [7, 11) is 1.56. The summed E-state index contributed by atoms with van der Waals surface area (Å²) < 4.78 is 6.62. The van der Waals surface area contributed by atoms with Crippen LogP contribution in [0.3, 0.4) is 0 Å². The Morgan fingerprint density at radius 1 is 1.30 bits per heavy atom. The average Bonchev–Trinajstić information content (AvgIpc) is 2.41. The number of aryl methyl sites for hydroxylation is 1. The lowest BCUT2D eigenvalue weighted by molar-refractivity contribution is 0.0696. The monoisotopic (exact) mass is 273 g/mol. The lowest BCUT2D eigenvalue weighted by Gasteiger charge is -2.11. The highest BCUT2D eigenvalue weighted by Gasteiger charge is 2.08. The molecule has 104 valence electrons. The molecule has 0 fully saturated rings. The summed E-state index contributed by atoms with van der Waals surface area (Å²) in [6, 6.07) is 8.22. The molecule has 0 saturated carbocycles. The Bertz CT molecular complexity index is 703. The zero-order valence-electron chi connectivity index (χ0n) is 11.3. The van der Waals surface area contributed by atoms with E-state index in [4.69, 9.17) is 9.84 Å². The largest absolute Gasteiger partial charge is 0.496 e. The van der Waals surface area contributed by atoms with Crippen LogP contribution in [0.2, 0.25) is 0 Å². The molecule has 0 bridgehead atoms. The van der Waals surface area contributed by atoms with Crippen molar-refractivity contribution in [2.75, 3.05) is 7.11 Å². The van der Waals surface area contributed by atoms with Crippen molar-refractivity contribution in [1.29, 1.82) is 0 Å². The van der Waals surface area contributed by atoms with Gasteiger partial charge >= 0.3 is 5.97 Å². The van der Waals surface area contributed by atoms with Gasteiger partial charge < -0.3 is 14.4 Å². The third kappa shape index (κ3) is 2.88. The number of methoxy groups -OCH3 is 1. The minimum absolute atomic E-state index is 0.0798. The number of nitrogens with zero attached hydrogens (tertiary/aromatic N) is 1. The highest BCUT2D eigenvalue weighted by atomic mass is 16.5. The lowest BCUT2D eigenvalue weighted by atomic mass is 10.1. The number of carboxylic acids is 1. The van der Waals surface area contributed by atoms with Gasteiger partial charge in [-0.25, -0.2) is 4.79 Å². The SMILES string of the molecule is COc1ccc(C)cc1Cn1cc(C(=O)O)ccc1=O. The van der Waals surface area contributed by atoms with E-state index in [1.54, 1.807) is 7.11 Å². The minimum Gasteiger partial charge on any atom is -0.496 e. The number of carboxylic acid groups (broad SMARTS) is 1. The molecule has 1 aromatic carbocycles. The number of aromatic carboxylic acids is 1. The molecule has 1 aromatic heterocycles. The number of hydrogen-bond acceptors (Lipinski definition) is 3. The Hall–Kier alpha value is -2.56. The molecular weight excluding hydrogens is 258 g/mol. The van der Waals surface area contributed by atoms with Crippen molar-refractivity contribution in [3.63, 3.8) is 0 Å². The van der Waals surface area contributed by atoms with Gasteiger partial charge in [-0.05, 0) is 19.1 Å². The molecule has 0 aliphatic carbocycles. The van der Waals surface area contributed by atoms with Crippen molar-refractivity contribution < 1.29 is 14.6 Å². The van der Waals surface area contributed by atoms with E-state index < -0.39 is 5.97 Å². The Morgan fingerprint density at radius 3 is 2.70 bits per heavy atom. The number of benzene rings is 1. The van der Waals surface area contributed by atoms with Crippen LogP contribution in [0.25, 0.3) is 0 Å². The molecule has 0 spiro atoms.